The lowest BCUT2D eigenvalue weighted by atomic mass is 10.1. The van der Waals surface area contributed by atoms with Crippen molar-refractivity contribution in [2.24, 2.45) is 5.73 Å². The summed E-state index contributed by atoms with van der Waals surface area (Å²) in [7, 11) is 0. The highest BCUT2D eigenvalue weighted by Gasteiger charge is 2.40. The minimum atomic E-state index is -4.42. The van der Waals surface area contributed by atoms with Crippen LogP contribution >= 0.6 is 11.6 Å². The zero-order valence-corrected chi connectivity index (χ0v) is 7.68. The molecule has 0 spiro atoms. The molecule has 0 radical (unpaired) electrons. The molecule has 7 heteroatoms. The van der Waals surface area contributed by atoms with E-state index in [1.807, 2.05) is 0 Å². The fourth-order valence-electron chi connectivity index (χ4n) is 0.946. The van der Waals surface area contributed by atoms with Gasteiger partial charge in [-0.3, -0.25) is 4.98 Å². The van der Waals surface area contributed by atoms with Crippen LogP contribution in [0.1, 0.15) is 11.6 Å². The number of nitrogens with zero attached hydrogens (tertiary/aromatic N) is 2. The van der Waals surface area contributed by atoms with Crippen molar-refractivity contribution in [3.05, 3.63) is 23.2 Å². The minimum Gasteiger partial charge on any atom is -0.329 e. The van der Waals surface area contributed by atoms with Crippen molar-refractivity contribution in [3.8, 4) is 0 Å². The highest BCUT2D eigenvalue weighted by Crippen LogP contribution is 2.32. The molecule has 1 aromatic rings. The van der Waals surface area contributed by atoms with E-state index < -0.39 is 18.6 Å². The second-order valence-corrected chi connectivity index (χ2v) is 2.98. The average Bonchev–Trinajstić information content (AvgIpc) is 2.02. The van der Waals surface area contributed by atoms with Crippen LogP contribution in [0.2, 0.25) is 5.15 Å². The van der Waals surface area contributed by atoms with Crippen molar-refractivity contribution in [2.45, 2.75) is 12.1 Å². The van der Waals surface area contributed by atoms with Gasteiger partial charge in [0, 0.05) is 12.7 Å². The van der Waals surface area contributed by atoms with Gasteiger partial charge in [-0.1, -0.05) is 11.6 Å². The van der Waals surface area contributed by atoms with Crippen LogP contribution in [0.25, 0.3) is 0 Å². The Balaban J connectivity index is 3.01. The molecule has 3 nitrogen and oxygen atoms in total. The summed E-state index contributed by atoms with van der Waals surface area (Å²) in [6.45, 7) is -0.571. The molecule has 0 bridgehead atoms. The van der Waals surface area contributed by atoms with E-state index in [4.69, 9.17) is 17.3 Å². The van der Waals surface area contributed by atoms with Gasteiger partial charge < -0.3 is 5.73 Å². The topological polar surface area (TPSA) is 51.8 Å². The fraction of sp³-hybridized carbons (Fsp3) is 0.429. The van der Waals surface area contributed by atoms with Crippen LogP contribution in [0.15, 0.2) is 12.4 Å². The van der Waals surface area contributed by atoms with E-state index in [2.05, 4.69) is 9.97 Å². The summed E-state index contributed by atoms with van der Waals surface area (Å²) in [6, 6.07) is 0. The summed E-state index contributed by atoms with van der Waals surface area (Å²) < 4.78 is 37.0. The SMILES string of the molecule is NCC(c1cncc(Cl)n1)C(F)(F)F. The predicted octanol–water partition coefficient (Wildman–Crippen LogP) is 1.73. The van der Waals surface area contributed by atoms with Gasteiger partial charge >= 0.3 is 6.18 Å². The first-order valence-electron chi connectivity index (χ1n) is 3.69. The molecule has 0 aliphatic carbocycles. The highest BCUT2D eigenvalue weighted by atomic mass is 35.5. The normalized spacial score (nSPS) is 14.1. The van der Waals surface area contributed by atoms with E-state index >= 15 is 0 Å². The van der Waals surface area contributed by atoms with E-state index in [0.29, 0.717) is 0 Å². The number of halogens is 4. The van der Waals surface area contributed by atoms with Crippen LogP contribution in [0, 0.1) is 0 Å². The quantitative estimate of drug-likeness (QED) is 0.834. The zero-order valence-electron chi connectivity index (χ0n) is 6.92. The molecular formula is C7H7ClF3N3. The van der Waals surface area contributed by atoms with Crippen molar-refractivity contribution in [1.29, 1.82) is 0 Å². The number of aromatic nitrogens is 2. The summed E-state index contributed by atoms with van der Waals surface area (Å²) in [4.78, 5) is 7.03. The number of nitrogens with two attached hydrogens (primary N) is 1. The van der Waals surface area contributed by atoms with Crippen LogP contribution in [0.4, 0.5) is 13.2 Å². The first kappa shape index (κ1) is 11.2. The molecule has 1 unspecified atom stereocenters. The van der Waals surface area contributed by atoms with Gasteiger partial charge in [-0.05, 0) is 0 Å². The third-order valence-corrected chi connectivity index (χ3v) is 1.79. The molecule has 1 aromatic heterocycles. The van der Waals surface area contributed by atoms with Gasteiger partial charge in [0.05, 0.1) is 11.9 Å². The maximum atomic E-state index is 12.3. The third-order valence-electron chi connectivity index (χ3n) is 1.61. The molecule has 1 rings (SSSR count). The number of rotatable bonds is 2. The fourth-order valence-corrected chi connectivity index (χ4v) is 1.10. The number of hydrogen-bond donors (Lipinski definition) is 1. The Labute approximate surface area is 83.1 Å². The Kier molecular flexibility index (Phi) is 3.28. The monoisotopic (exact) mass is 225 g/mol. The Morgan fingerprint density at radius 1 is 1.43 bits per heavy atom. The van der Waals surface area contributed by atoms with Crippen LogP contribution in [0.3, 0.4) is 0 Å². The standard InChI is InChI=1S/C7H7ClF3N3/c8-6-3-13-2-5(14-6)4(1-12)7(9,10)11/h2-4H,1,12H2. The van der Waals surface area contributed by atoms with E-state index in [1.165, 1.54) is 0 Å². The van der Waals surface area contributed by atoms with Gasteiger partial charge in [0.25, 0.3) is 0 Å². The predicted molar refractivity (Wildman–Crippen MR) is 44.9 cm³/mol. The Morgan fingerprint density at radius 3 is 2.50 bits per heavy atom. The molecule has 0 saturated carbocycles. The first-order chi connectivity index (χ1) is 6.45. The maximum Gasteiger partial charge on any atom is 0.398 e. The van der Waals surface area contributed by atoms with E-state index in [1.54, 1.807) is 0 Å². The summed E-state index contributed by atoms with van der Waals surface area (Å²) in [6.07, 6.45) is -2.25. The van der Waals surface area contributed by atoms with Gasteiger partial charge in [-0.15, -0.1) is 0 Å². The molecule has 0 aromatic carbocycles. The lowest BCUT2D eigenvalue weighted by Crippen LogP contribution is -2.28. The van der Waals surface area contributed by atoms with Gasteiger partial charge in [0.2, 0.25) is 0 Å². The maximum absolute atomic E-state index is 12.3. The van der Waals surface area contributed by atoms with Gasteiger partial charge in [0.15, 0.2) is 0 Å². The lowest BCUT2D eigenvalue weighted by molar-refractivity contribution is -0.148. The highest BCUT2D eigenvalue weighted by molar-refractivity contribution is 6.29. The van der Waals surface area contributed by atoms with Crippen molar-refractivity contribution >= 4 is 11.6 Å². The zero-order chi connectivity index (χ0) is 10.8. The largest absolute Gasteiger partial charge is 0.398 e. The van der Waals surface area contributed by atoms with E-state index in [9.17, 15) is 13.2 Å². The summed E-state index contributed by atoms with van der Waals surface area (Å²) >= 11 is 5.41. The van der Waals surface area contributed by atoms with E-state index in [-0.39, 0.29) is 10.8 Å². The minimum absolute atomic E-state index is 0.0785. The van der Waals surface area contributed by atoms with Crippen molar-refractivity contribution in [1.82, 2.24) is 9.97 Å². The number of alkyl halides is 3. The van der Waals surface area contributed by atoms with Gasteiger partial charge in [-0.2, -0.15) is 13.2 Å². The van der Waals surface area contributed by atoms with Crippen LogP contribution in [-0.2, 0) is 0 Å². The third kappa shape index (κ3) is 2.55. The van der Waals surface area contributed by atoms with Crippen LogP contribution in [-0.4, -0.2) is 22.7 Å². The van der Waals surface area contributed by atoms with Crippen molar-refractivity contribution < 1.29 is 13.2 Å². The second-order valence-electron chi connectivity index (χ2n) is 2.60. The van der Waals surface area contributed by atoms with Crippen molar-refractivity contribution in [3.63, 3.8) is 0 Å². The molecule has 0 aliphatic heterocycles. The second kappa shape index (κ2) is 4.10. The Bertz CT molecular complexity index is 315. The molecule has 2 N–H and O–H groups in total. The number of hydrogen-bond acceptors (Lipinski definition) is 3. The summed E-state index contributed by atoms with van der Waals surface area (Å²) in [5, 5.41) is -0.0785. The average molecular weight is 226 g/mol. The summed E-state index contributed by atoms with van der Waals surface area (Å²) in [5.41, 5.74) is 4.75. The molecule has 78 valence electrons. The van der Waals surface area contributed by atoms with E-state index in [0.717, 1.165) is 12.4 Å². The Hall–Kier alpha value is -0.880. The molecule has 0 fully saturated rings. The van der Waals surface area contributed by atoms with Gasteiger partial charge in [-0.25, -0.2) is 4.98 Å². The Morgan fingerprint density at radius 2 is 2.07 bits per heavy atom. The molecule has 1 heterocycles. The molecule has 0 amide bonds. The summed E-state index contributed by atoms with van der Waals surface area (Å²) in [5.74, 6) is -1.81. The van der Waals surface area contributed by atoms with Crippen molar-refractivity contribution in [2.75, 3.05) is 6.54 Å². The lowest BCUT2D eigenvalue weighted by Gasteiger charge is -2.17. The smallest absolute Gasteiger partial charge is 0.329 e. The first-order valence-corrected chi connectivity index (χ1v) is 4.07. The molecular weight excluding hydrogens is 219 g/mol. The molecule has 0 aliphatic rings. The van der Waals surface area contributed by atoms with Gasteiger partial charge in [0.1, 0.15) is 11.1 Å². The molecule has 1 atom stereocenters. The van der Waals surface area contributed by atoms with Crippen LogP contribution in [0.5, 0.6) is 0 Å². The molecule has 0 saturated heterocycles. The molecule has 14 heavy (non-hydrogen) atoms. The van der Waals surface area contributed by atoms with Crippen LogP contribution < -0.4 is 5.73 Å².